The standard InChI is InChI=1S/C16H19NO6/c1-3-21-12(18)10-17-13(11-8-6-5-7-9-11)14(23-16(17)20)15(19)22-4-2/h5-9,13-14H,3-4,10H2,1-2H3/t13-,14-/m0/s1. The molecule has 7 heteroatoms. The maximum atomic E-state index is 12.1. The Hall–Kier alpha value is -2.57. The van der Waals surface area contributed by atoms with Crippen LogP contribution >= 0.6 is 0 Å². The van der Waals surface area contributed by atoms with Crippen molar-refractivity contribution in [2.24, 2.45) is 0 Å². The Morgan fingerprint density at radius 3 is 2.39 bits per heavy atom. The van der Waals surface area contributed by atoms with Crippen LogP contribution in [-0.2, 0) is 23.8 Å². The largest absolute Gasteiger partial charge is 0.465 e. The summed E-state index contributed by atoms with van der Waals surface area (Å²) in [6.45, 7) is 3.44. The number of carbonyl (C=O) groups excluding carboxylic acids is 3. The van der Waals surface area contributed by atoms with E-state index in [1.165, 1.54) is 4.90 Å². The highest BCUT2D eigenvalue weighted by Crippen LogP contribution is 2.33. The van der Waals surface area contributed by atoms with Crippen molar-refractivity contribution in [3.63, 3.8) is 0 Å². The molecule has 2 rings (SSSR count). The number of cyclic esters (lactones) is 1. The van der Waals surface area contributed by atoms with Gasteiger partial charge in [-0.2, -0.15) is 0 Å². The molecule has 0 unspecified atom stereocenters. The fourth-order valence-electron chi connectivity index (χ4n) is 2.43. The molecule has 0 spiro atoms. The third kappa shape index (κ3) is 3.80. The molecule has 0 aliphatic carbocycles. The summed E-state index contributed by atoms with van der Waals surface area (Å²) in [5.74, 6) is -1.20. The van der Waals surface area contributed by atoms with E-state index in [-0.39, 0.29) is 19.8 Å². The summed E-state index contributed by atoms with van der Waals surface area (Å²) in [4.78, 5) is 37.1. The smallest absolute Gasteiger partial charge is 0.411 e. The Morgan fingerprint density at radius 2 is 1.78 bits per heavy atom. The van der Waals surface area contributed by atoms with Gasteiger partial charge in [-0.05, 0) is 19.4 Å². The van der Waals surface area contributed by atoms with E-state index in [4.69, 9.17) is 14.2 Å². The average molecular weight is 321 g/mol. The maximum Gasteiger partial charge on any atom is 0.411 e. The highest BCUT2D eigenvalue weighted by molar-refractivity contribution is 5.86. The molecule has 1 saturated heterocycles. The maximum absolute atomic E-state index is 12.1. The van der Waals surface area contributed by atoms with Crippen LogP contribution in [0.15, 0.2) is 30.3 Å². The first-order valence-electron chi connectivity index (χ1n) is 7.42. The molecule has 0 bridgehead atoms. The van der Waals surface area contributed by atoms with E-state index in [2.05, 4.69) is 0 Å². The number of carbonyl (C=O) groups is 3. The first-order chi connectivity index (χ1) is 11.1. The quantitative estimate of drug-likeness (QED) is 0.585. The van der Waals surface area contributed by atoms with E-state index in [1.807, 2.05) is 6.07 Å². The number of rotatable bonds is 6. The Morgan fingerprint density at radius 1 is 1.13 bits per heavy atom. The third-order valence-electron chi connectivity index (χ3n) is 3.35. The van der Waals surface area contributed by atoms with E-state index in [1.54, 1.807) is 38.1 Å². The Kier molecular flexibility index (Phi) is 5.56. The molecule has 23 heavy (non-hydrogen) atoms. The van der Waals surface area contributed by atoms with Crippen molar-refractivity contribution in [2.45, 2.75) is 26.0 Å². The third-order valence-corrected chi connectivity index (χ3v) is 3.35. The molecule has 1 fully saturated rings. The van der Waals surface area contributed by atoms with E-state index < -0.39 is 30.2 Å². The zero-order valence-corrected chi connectivity index (χ0v) is 13.1. The number of amides is 1. The highest BCUT2D eigenvalue weighted by atomic mass is 16.6. The van der Waals surface area contributed by atoms with Crippen molar-refractivity contribution in [3.8, 4) is 0 Å². The lowest BCUT2D eigenvalue weighted by molar-refractivity contribution is -0.153. The van der Waals surface area contributed by atoms with Gasteiger partial charge in [0.1, 0.15) is 12.6 Å². The molecule has 0 N–H and O–H groups in total. The van der Waals surface area contributed by atoms with Gasteiger partial charge in [-0.3, -0.25) is 9.69 Å². The van der Waals surface area contributed by atoms with Crippen LogP contribution in [0.1, 0.15) is 25.5 Å². The van der Waals surface area contributed by atoms with E-state index >= 15 is 0 Å². The minimum atomic E-state index is -1.11. The van der Waals surface area contributed by atoms with Crippen LogP contribution in [0.5, 0.6) is 0 Å². The lowest BCUT2D eigenvalue weighted by Crippen LogP contribution is -2.37. The fraction of sp³-hybridized carbons (Fsp3) is 0.438. The van der Waals surface area contributed by atoms with Crippen molar-refractivity contribution in [1.82, 2.24) is 4.90 Å². The Bertz CT molecular complexity index is 573. The molecule has 1 aromatic carbocycles. The lowest BCUT2D eigenvalue weighted by Gasteiger charge is -2.23. The van der Waals surface area contributed by atoms with Crippen LogP contribution in [0.3, 0.4) is 0 Å². The number of ether oxygens (including phenoxy) is 3. The predicted molar refractivity (Wildman–Crippen MR) is 79.4 cm³/mol. The average Bonchev–Trinajstić information content (AvgIpc) is 2.86. The summed E-state index contributed by atoms with van der Waals surface area (Å²) in [5.41, 5.74) is 0.681. The molecule has 1 amide bonds. The van der Waals surface area contributed by atoms with E-state index in [0.717, 1.165) is 0 Å². The van der Waals surface area contributed by atoms with Crippen LogP contribution < -0.4 is 0 Å². The van der Waals surface area contributed by atoms with Crippen LogP contribution in [0.2, 0.25) is 0 Å². The van der Waals surface area contributed by atoms with Crippen LogP contribution in [0.4, 0.5) is 4.79 Å². The molecule has 1 aromatic rings. The van der Waals surface area contributed by atoms with Crippen molar-refractivity contribution in [2.75, 3.05) is 19.8 Å². The molecular formula is C16H19NO6. The summed E-state index contributed by atoms with van der Waals surface area (Å²) in [5, 5.41) is 0. The monoisotopic (exact) mass is 321 g/mol. The van der Waals surface area contributed by atoms with Gasteiger partial charge in [0.05, 0.1) is 13.2 Å². The number of hydrogen-bond donors (Lipinski definition) is 0. The molecule has 1 heterocycles. The summed E-state index contributed by atoms with van der Waals surface area (Å²) in [7, 11) is 0. The van der Waals surface area contributed by atoms with Gasteiger partial charge in [0.15, 0.2) is 0 Å². The van der Waals surface area contributed by atoms with Gasteiger partial charge in [-0.1, -0.05) is 30.3 Å². The molecule has 1 aliphatic rings. The normalized spacial score (nSPS) is 20.1. The topological polar surface area (TPSA) is 82.1 Å². The molecule has 124 valence electrons. The Balaban J connectivity index is 2.29. The van der Waals surface area contributed by atoms with Gasteiger partial charge in [-0.15, -0.1) is 0 Å². The van der Waals surface area contributed by atoms with E-state index in [0.29, 0.717) is 5.56 Å². The van der Waals surface area contributed by atoms with Crippen LogP contribution in [0, 0.1) is 0 Å². The SMILES string of the molecule is CCOC(=O)CN1C(=O)O[C@H](C(=O)OCC)[C@@H]1c1ccccc1. The molecule has 7 nitrogen and oxygen atoms in total. The molecule has 1 aliphatic heterocycles. The molecule has 0 radical (unpaired) electrons. The van der Waals surface area contributed by atoms with Gasteiger partial charge in [0.25, 0.3) is 0 Å². The number of hydrogen-bond acceptors (Lipinski definition) is 6. The van der Waals surface area contributed by atoms with E-state index in [9.17, 15) is 14.4 Å². The van der Waals surface area contributed by atoms with Crippen LogP contribution in [0.25, 0.3) is 0 Å². The molecular weight excluding hydrogens is 302 g/mol. The fourth-order valence-corrected chi connectivity index (χ4v) is 2.43. The zero-order valence-electron chi connectivity index (χ0n) is 13.1. The second-order valence-corrected chi connectivity index (χ2v) is 4.84. The summed E-state index contributed by atoms with van der Waals surface area (Å²) in [6, 6.07) is 8.17. The van der Waals surface area contributed by atoms with Crippen molar-refractivity contribution in [3.05, 3.63) is 35.9 Å². The zero-order chi connectivity index (χ0) is 16.8. The highest BCUT2D eigenvalue weighted by Gasteiger charge is 2.48. The van der Waals surface area contributed by atoms with Gasteiger partial charge in [0.2, 0.25) is 6.10 Å². The molecule has 2 atom stereocenters. The van der Waals surface area contributed by atoms with Crippen LogP contribution in [-0.4, -0.2) is 48.8 Å². The van der Waals surface area contributed by atoms with Gasteiger partial charge < -0.3 is 14.2 Å². The van der Waals surface area contributed by atoms with Gasteiger partial charge in [-0.25, -0.2) is 9.59 Å². The minimum absolute atomic E-state index is 0.173. The van der Waals surface area contributed by atoms with Gasteiger partial charge in [0, 0.05) is 0 Å². The minimum Gasteiger partial charge on any atom is -0.465 e. The van der Waals surface area contributed by atoms with Crippen molar-refractivity contribution < 1.29 is 28.6 Å². The first kappa shape index (κ1) is 16.8. The summed E-state index contributed by atoms with van der Waals surface area (Å²) in [6.07, 6.45) is -1.86. The predicted octanol–water partition coefficient (Wildman–Crippen LogP) is 1.67. The number of nitrogens with zero attached hydrogens (tertiary/aromatic N) is 1. The lowest BCUT2D eigenvalue weighted by atomic mass is 10.0. The second-order valence-electron chi connectivity index (χ2n) is 4.84. The number of esters is 2. The van der Waals surface area contributed by atoms with Gasteiger partial charge >= 0.3 is 18.0 Å². The van der Waals surface area contributed by atoms with Crippen molar-refractivity contribution in [1.29, 1.82) is 0 Å². The summed E-state index contributed by atoms with van der Waals surface area (Å²) >= 11 is 0. The first-order valence-corrected chi connectivity index (χ1v) is 7.42. The summed E-state index contributed by atoms with van der Waals surface area (Å²) < 4.78 is 15.0. The van der Waals surface area contributed by atoms with Crippen molar-refractivity contribution >= 4 is 18.0 Å². The molecule has 0 saturated carbocycles. The number of benzene rings is 1. The second kappa shape index (κ2) is 7.62. The molecule has 0 aromatic heterocycles. The Labute approximate surface area is 134 Å².